The minimum atomic E-state index is 0.0670. The van der Waals surface area contributed by atoms with E-state index < -0.39 is 0 Å². The number of methoxy groups -OCH3 is 2. The highest BCUT2D eigenvalue weighted by molar-refractivity contribution is 5.94. The zero-order valence-corrected chi connectivity index (χ0v) is 9.16. The normalized spacial score (nSPS) is 9.53. The maximum atomic E-state index is 7.61. The predicted octanol–water partition coefficient (Wildman–Crippen LogP) is 2.07. The molecule has 1 aromatic carbocycles. The highest BCUT2D eigenvalue weighted by Gasteiger charge is 2.10. The topological polar surface area (TPSA) is 51.5 Å². The molecule has 0 spiro atoms. The fraction of sp³-hybridized carbons (Fsp3) is 0.364. The lowest BCUT2D eigenvalue weighted by Crippen LogP contribution is -2.06. The summed E-state index contributed by atoms with van der Waals surface area (Å²) in [6.45, 7) is 2.45. The number of benzene rings is 1. The van der Waals surface area contributed by atoms with E-state index in [2.05, 4.69) is 0 Å². The molecule has 0 aliphatic rings. The third-order valence-corrected chi connectivity index (χ3v) is 1.94. The molecule has 0 aliphatic heterocycles. The van der Waals surface area contributed by atoms with Gasteiger partial charge in [-0.15, -0.1) is 0 Å². The predicted molar refractivity (Wildman–Crippen MR) is 58.0 cm³/mol. The SMILES string of the molecule is CCOc1ccc(OC)cc1C(=N)OC. The van der Waals surface area contributed by atoms with Crippen molar-refractivity contribution in [2.24, 2.45) is 0 Å². The minimum absolute atomic E-state index is 0.0670. The Morgan fingerprint density at radius 1 is 1.33 bits per heavy atom. The molecule has 0 radical (unpaired) electrons. The maximum absolute atomic E-state index is 7.61. The van der Waals surface area contributed by atoms with Crippen LogP contribution in [0.1, 0.15) is 12.5 Å². The molecule has 0 atom stereocenters. The third-order valence-electron chi connectivity index (χ3n) is 1.94. The molecule has 4 heteroatoms. The van der Waals surface area contributed by atoms with E-state index in [4.69, 9.17) is 19.6 Å². The van der Waals surface area contributed by atoms with Gasteiger partial charge in [-0.25, -0.2) is 0 Å². The fourth-order valence-electron chi connectivity index (χ4n) is 1.20. The second kappa shape index (κ2) is 5.24. The molecule has 0 saturated heterocycles. The summed E-state index contributed by atoms with van der Waals surface area (Å²) >= 11 is 0. The van der Waals surface area contributed by atoms with Gasteiger partial charge in [-0.3, -0.25) is 5.41 Å². The van der Waals surface area contributed by atoms with Gasteiger partial charge in [0.05, 0.1) is 26.4 Å². The summed E-state index contributed by atoms with van der Waals surface area (Å²) in [6, 6.07) is 5.28. The van der Waals surface area contributed by atoms with E-state index in [1.807, 2.05) is 6.92 Å². The Hall–Kier alpha value is -1.71. The summed E-state index contributed by atoms with van der Waals surface area (Å²) in [5.41, 5.74) is 0.596. The van der Waals surface area contributed by atoms with Gasteiger partial charge in [-0.2, -0.15) is 0 Å². The summed E-state index contributed by atoms with van der Waals surface area (Å²) in [5, 5.41) is 7.61. The average Bonchev–Trinajstić information content (AvgIpc) is 2.29. The Morgan fingerprint density at radius 2 is 2.07 bits per heavy atom. The Bertz CT molecular complexity index is 350. The first-order valence-electron chi connectivity index (χ1n) is 4.66. The molecule has 0 heterocycles. The maximum Gasteiger partial charge on any atom is 0.216 e. The van der Waals surface area contributed by atoms with Crippen molar-refractivity contribution in [2.75, 3.05) is 20.8 Å². The van der Waals surface area contributed by atoms with Crippen molar-refractivity contribution in [3.63, 3.8) is 0 Å². The molecule has 0 saturated carbocycles. The van der Waals surface area contributed by atoms with Gasteiger partial charge in [0.25, 0.3) is 0 Å². The van der Waals surface area contributed by atoms with Crippen molar-refractivity contribution in [3.8, 4) is 11.5 Å². The Morgan fingerprint density at radius 3 is 2.60 bits per heavy atom. The number of hydrogen-bond acceptors (Lipinski definition) is 4. The molecule has 0 aromatic heterocycles. The lowest BCUT2D eigenvalue weighted by molar-refractivity contribution is 0.334. The van der Waals surface area contributed by atoms with Gasteiger partial charge in [0.2, 0.25) is 5.90 Å². The average molecular weight is 209 g/mol. The van der Waals surface area contributed by atoms with Gasteiger partial charge in [0.1, 0.15) is 11.5 Å². The first kappa shape index (κ1) is 11.4. The van der Waals surface area contributed by atoms with Crippen LogP contribution in [0.3, 0.4) is 0 Å². The zero-order chi connectivity index (χ0) is 11.3. The highest BCUT2D eigenvalue weighted by atomic mass is 16.5. The lowest BCUT2D eigenvalue weighted by Gasteiger charge is -2.11. The van der Waals surface area contributed by atoms with Crippen molar-refractivity contribution in [3.05, 3.63) is 23.8 Å². The van der Waals surface area contributed by atoms with Crippen molar-refractivity contribution in [1.29, 1.82) is 5.41 Å². The van der Waals surface area contributed by atoms with Crippen molar-refractivity contribution in [1.82, 2.24) is 0 Å². The number of ether oxygens (including phenoxy) is 3. The molecule has 0 bridgehead atoms. The van der Waals surface area contributed by atoms with E-state index >= 15 is 0 Å². The molecule has 1 rings (SSSR count). The largest absolute Gasteiger partial charge is 0.497 e. The first-order valence-corrected chi connectivity index (χ1v) is 4.66. The molecule has 4 nitrogen and oxygen atoms in total. The second-order valence-electron chi connectivity index (χ2n) is 2.83. The summed E-state index contributed by atoms with van der Waals surface area (Å²) in [7, 11) is 3.04. The van der Waals surface area contributed by atoms with E-state index in [9.17, 15) is 0 Å². The van der Waals surface area contributed by atoms with Crippen molar-refractivity contribution >= 4 is 5.90 Å². The first-order chi connectivity index (χ1) is 7.22. The van der Waals surface area contributed by atoms with Crippen LogP contribution in [0.2, 0.25) is 0 Å². The minimum Gasteiger partial charge on any atom is -0.497 e. The smallest absolute Gasteiger partial charge is 0.216 e. The summed E-state index contributed by atoms with van der Waals surface area (Å²) in [4.78, 5) is 0. The molecule has 0 unspecified atom stereocenters. The van der Waals surface area contributed by atoms with Crippen LogP contribution in [0.25, 0.3) is 0 Å². The Balaban J connectivity index is 3.10. The molecule has 15 heavy (non-hydrogen) atoms. The van der Waals surface area contributed by atoms with Crippen LogP contribution < -0.4 is 9.47 Å². The van der Waals surface area contributed by atoms with Crippen LogP contribution in [0.5, 0.6) is 11.5 Å². The standard InChI is InChI=1S/C11H15NO3/c1-4-15-10-6-5-8(13-2)7-9(10)11(12)14-3/h5-7,12H,4H2,1-3H3. The van der Waals surface area contributed by atoms with Crippen LogP contribution in [0.15, 0.2) is 18.2 Å². The molecule has 0 fully saturated rings. The van der Waals surface area contributed by atoms with E-state index in [0.29, 0.717) is 23.7 Å². The number of hydrogen-bond donors (Lipinski definition) is 1. The van der Waals surface area contributed by atoms with Crippen LogP contribution >= 0.6 is 0 Å². The summed E-state index contributed by atoms with van der Waals surface area (Å²) in [6.07, 6.45) is 0. The molecule has 82 valence electrons. The van der Waals surface area contributed by atoms with Gasteiger partial charge < -0.3 is 14.2 Å². The lowest BCUT2D eigenvalue weighted by atomic mass is 10.2. The molecule has 1 aromatic rings. The molecule has 1 N–H and O–H groups in total. The third kappa shape index (κ3) is 2.62. The van der Waals surface area contributed by atoms with Crippen LogP contribution in [-0.2, 0) is 4.74 Å². The molecular weight excluding hydrogens is 194 g/mol. The molecule has 0 aliphatic carbocycles. The van der Waals surface area contributed by atoms with E-state index in [1.165, 1.54) is 7.11 Å². The van der Waals surface area contributed by atoms with Gasteiger partial charge in [-0.1, -0.05) is 0 Å². The van der Waals surface area contributed by atoms with Crippen LogP contribution in [0, 0.1) is 5.41 Å². The Kier molecular flexibility index (Phi) is 3.97. The highest BCUT2D eigenvalue weighted by Crippen LogP contribution is 2.24. The Labute approximate surface area is 89.3 Å². The van der Waals surface area contributed by atoms with Crippen molar-refractivity contribution in [2.45, 2.75) is 6.92 Å². The van der Waals surface area contributed by atoms with E-state index in [0.717, 1.165) is 0 Å². The fourth-order valence-corrected chi connectivity index (χ4v) is 1.20. The summed E-state index contributed by atoms with van der Waals surface area (Å²) < 4.78 is 15.3. The quantitative estimate of drug-likeness (QED) is 0.610. The van der Waals surface area contributed by atoms with Gasteiger partial charge in [0, 0.05) is 0 Å². The van der Waals surface area contributed by atoms with Crippen molar-refractivity contribution < 1.29 is 14.2 Å². The van der Waals surface area contributed by atoms with Gasteiger partial charge in [0.15, 0.2) is 0 Å². The second-order valence-corrected chi connectivity index (χ2v) is 2.83. The van der Waals surface area contributed by atoms with E-state index in [1.54, 1.807) is 25.3 Å². The monoisotopic (exact) mass is 209 g/mol. The zero-order valence-electron chi connectivity index (χ0n) is 9.16. The number of rotatable bonds is 4. The van der Waals surface area contributed by atoms with Crippen LogP contribution in [-0.4, -0.2) is 26.7 Å². The molecule has 0 amide bonds. The molecular formula is C11H15NO3. The number of nitrogens with one attached hydrogen (secondary N) is 1. The van der Waals surface area contributed by atoms with Gasteiger partial charge in [-0.05, 0) is 25.1 Å². The van der Waals surface area contributed by atoms with Gasteiger partial charge >= 0.3 is 0 Å². The van der Waals surface area contributed by atoms with Crippen LogP contribution in [0.4, 0.5) is 0 Å². The van der Waals surface area contributed by atoms with E-state index in [-0.39, 0.29) is 5.90 Å². The summed E-state index contributed by atoms with van der Waals surface area (Å²) in [5.74, 6) is 1.37.